The number of rotatable bonds is 4. The number of benzene rings is 2. The molecule has 1 unspecified atom stereocenters. The molecule has 0 aliphatic rings. The van der Waals surface area contributed by atoms with E-state index in [0.29, 0.717) is 6.42 Å². The summed E-state index contributed by atoms with van der Waals surface area (Å²) < 4.78 is 29.3. The highest BCUT2D eigenvalue weighted by Crippen LogP contribution is 2.30. The molecular formula is C15H13Br2F2N. The molecule has 0 aliphatic carbocycles. The lowest BCUT2D eigenvalue weighted by Gasteiger charge is -2.19. The van der Waals surface area contributed by atoms with Crippen molar-refractivity contribution in [1.29, 1.82) is 0 Å². The monoisotopic (exact) mass is 403 g/mol. The molecule has 0 fully saturated rings. The first-order valence-corrected chi connectivity index (χ1v) is 7.67. The summed E-state index contributed by atoms with van der Waals surface area (Å²) in [4.78, 5) is 0. The highest BCUT2D eigenvalue weighted by Gasteiger charge is 2.21. The molecule has 20 heavy (non-hydrogen) atoms. The summed E-state index contributed by atoms with van der Waals surface area (Å²) in [5.74, 6) is -1.10. The van der Waals surface area contributed by atoms with Crippen molar-refractivity contribution in [3.05, 3.63) is 68.1 Å². The maximum atomic E-state index is 14.2. The maximum Gasteiger partial charge on any atom is 0.145 e. The van der Waals surface area contributed by atoms with Crippen molar-refractivity contribution < 1.29 is 8.78 Å². The molecule has 2 rings (SSSR count). The Morgan fingerprint density at radius 2 is 1.75 bits per heavy atom. The first-order chi connectivity index (χ1) is 9.54. The van der Waals surface area contributed by atoms with Crippen LogP contribution < -0.4 is 5.32 Å². The SMILES string of the molecule is CNC(Cc1ccccc1Br)c1c(F)ccc(Br)c1F. The second-order valence-electron chi connectivity index (χ2n) is 4.39. The number of nitrogens with one attached hydrogen (secondary N) is 1. The van der Waals surface area contributed by atoms with Crippen LogP contribution in [0.25, 0.3) is 0 Å². The summed E-state index contributed by atoms with van der Waals surface area (Å²) in [6, 6.07) is 9.86. The average molecular weight is 405 g/mol. The molecule has 2 aromatic carbocycles. The van der Waals surface area contributed by atoms with E-state index in [4.69, 9.17) is 0 Å². The van der Waals surface area contributed by atoms with Crippen molar-refractivity contribution >= 4 is 31.9 Å². The van der Waals surface area contributed by atoms with Gasteiger partial charge in [-0.25, -0.2) is 8.78 Å². The minimum Gasteiger partial charge on any atom is -0.313 e. The Morgan fingerprint density at radius 1 is 1.05 bits per heavy atom. The van der Waals surface area contributed by atoms with Crippen LogP contribution in [0.4, 0.5) is 8.78 Å². The van der Waals surface area contributed by atoms with E-state index in [1.165, 1.54) is 12.1 Å². The third-order valence-corrected chi connectivity index (χ3v) is 4.54. The molecular weight excluding hydrogens is 392 g/mol. The van der Waals surface area contributed by atoms with Gasteiger partial charge in [0, 0.05) is 16.1 Å². The average Bonchev–Trinajstić information content (AvgIpc) is 2.44. The molecule has 0 aliphatic heterocycles. The van der Waals surface area contributed by atoms with E-state index in [1.54, 1.807) is 7.05 Å². The molecule has 1 nitrogen and oxygen atoms in total. The highest BCUT2D eigenvalue weighted by atomic mass is 79.9. The van der Waals surface area contributed by atoms with Crippen LogP contribution in [0.5, 0.6) is 0 Å². The summed E-state index contributed by atoms with van der Waals surface area (Å²) in [6.07, 6.45) is 0.488. The van der Waals surface area contributed by atoms with Crippen LogP contribution in [0.1, 0.15) is 17.2 Å². The molecule has 2 aromatic rings. The van der Waals surface area contributed by atoms with Gasteiger partial charge in [0.25, 0.3) is 0 Å². The van der Waals surface area contributed by atoms with Gasteiger partial charge in [-0.2, -0.15) is 0 Å². The second kappa shape index (κ2) is 6.78. The Kier molecular flexibility index (Phi) is 5.29. The van der Waals surface area contributed by atoms with Gasteiger partial charge in [0.15, 0.2) is 0 Å². The van der Waals surface area contributed by atoms with Gasteiger partial charge in [0.1, 0.15) is 11.6 Å². The lowest BCUT2D eigenvalue weighted by molar-refractivity contribution is 0.486. The molecule has 0 saturated carbocycles. The van der Waals surface area contributed by atoms with Crippen molar-refractivity contribution in [3.63, 3.8) is 0 Å². The minimum absolute atomic E-state index is 0.0534. The van der Waals surface area contributed by atoms with Gasteiger partial charge in [0.05, 0.1) is 4.47 Å². The molecule has 0 heterocycles. The molecule has 0 amide bonds. The maximum absolute atomic E-state index is 14.2. The fraction of sp³-hybridized carbons (Fsp3) is 0.200. The van der Waals surface area contributed by atoms with Gasteiger partial charge in [-0.05, 0) is 53.2 Å². The summed E-state index contributed by atoms with van der Waals surface area (Å²) in [5.41, 5.74) is 1.04. The van der Waals surface area contributed by atoms with Crippen LogP contribution >= 0.6 is 31.9 Å². The van der Waals surface area contributed by atoms with Crippen molar-refractivity contribution in [2.24, 2.45) is 0 Å². The molecule has 0 radical (unpaired) electrons. The Hall–Kier alpha value is -0.780. The van der Waals surface area contributed by atoms with Crippen LogP contribution in [0.2, 0.25) is 0 Å². The second-order valence-corrected chi connectivity index (χ2v) is 6.10. The first-order valence-electron chi connectivity index (χ1n) is 6.08. The zero-order valence-electron chi connectivity index (χ0n) is 10.8. The van der Waals surface area contributed by atoms with Gasteiger partial charge >= 0.3 is 0 Å². The Morgan fingerprint density at radius 3 is 2.40 bits per heavy atom. The zero-order chi connectivity index (χ0) is 14.7. The van der Waals surface area contributed by atoms with E-state index in [1.807, 2.05) is 24.3 Å². The first kappa shape index (κ1) is 15.6. The van der Waals surface area contributed by atoms with Gasteiger partial charge in [-0.3, -0.25) is 0 Å². The number of halogens is 4. The van der Waals surface area contributed by atoms with Crippen LogP contribution in [-0.4, -0.2) is 7.05 Å². The third kappa shape index (κ3) is 3.27. The molecule has 0 spiro atoms. The summed E-state index contributed by atoms with van der Waals surface area (Å²) >= 11 is 6.55. The number of likely N-dealkylation sites (N-methyl/N-ethyl adjacent to an activating group) is 1. The van der Waals surface area contributed by atoms with E-state index in [0.717, 1.165) is 10.0 Å². The Bertz CT molecular complexity index is 617. The summed E-state index contributed by atoms with van der Waals surface area (Å²) in [6.45, 7) is 0. The lowest BCUT2D eigenvalue weighted by atomic mass is 9.98. The van der Waals surface area contributed by atoms with Crippen LogP contribution in [-0.2, 0) is 6.42 Å². The van der Waals surface area contributed by atoms with Crippen molar-refractivity contribution in [1.82, 2.24) is 5.32 Å². The van der Waals surface area contributed by atoms with E-state index in [9.17, 15) is 8.78 Å². The van der Waals surface area contributed by atoms with E-state index < -0.39 is 17.7 Å². The standard InChI is InChI=1S/C15H13Br2F2N/c1-20-13(8-9-4-2-3-5-10(9)16)14-12(18)7-6-11(17)15(14)19/h2-7,13,20H,8H2,1H3. The number of hydrogen-bond donors (Lipinski definition) is 1. The lowest BCUT2D eigenvalue weighted by Crippen LogP contribution is -2.22. The van der Waals surface area contributed by atoms with Gasteiger partial charge in [-0.1, -0.05) is 34.1 Å². The number of hydrogen-bond acceptors (Lipinski definition) is 1. The predicted octanol–water partition coefficient (Wildman–Crippen LogP) is 4.99. The fourth-order valence-electron chi connectivity index (χ4n) is 2.09. The molecule has 0 bridgehead atoms. The minimum atomic E-state index is -0.559. The molecule has 5 heteroatoms. The zero-order valence-corrected chi connectivity index (χ0v) is 13.9. The summed E-state index contributed by atoms with van der Waals surface area (Å²) in [5, 5.41) is 2.98. The quantitative estimate of drug-likeness (QED) is 0.707. The van der Waals surface area contributed by atoms with Gasteiger partial charge in [-0.15, -0.1) is 0 Å². The predicted molar refractivity (Wildman–Crippen MR) is 83.7 cm³/mol. The third-order valence-electron chi connectivity index (χ3n) is 3.16. The summed E-state index contributed by atoms with van der Waals surface area (Å²) in [7, 11) is 1.70. The Balaban J connectivity index is 2.39. The van der Waals surface area contributed by atoms with E-state index in [-0.39, 0.29) is 10.0 Å². The fourth-order valence-corrected chi connectivity index (χ4v) is 2.89. The molecule has 0 saturated heterocycles. The Labute approximate surface area is 133 Å². The topological polar surface area (TPSA) is 12.0 Å². The van der Waals surface area contributed by atoms with Crippen molar-refractivity contribution in [2.45, 2.75) is 12.5 Å². The smallest absolute Gasteiger partial charge is 0.145 e. The highest BCUT2D eigenvalue weighted by molar-refractivity contribution is 9.10. The molecule has 106 valence electrons. The molecule has 1 N–H and O–H groups in total. The van der Waals surface area contributed by atoms with E-state index >= 15 is 0 Å². The largest absolute Gasteiger partial charge is 0.313 e. The van der Waals surface area contributed by atoms with Gasteiger partial charge < -0.3 is 5.32 Å². The molecule has 1 atom stereocenters. The van der Waals surface area contributed by atoms with Crippen LogP contribution in [0, 0.1) is 11.6 Å². The van der Waals surface area contributed by atoms with Gasteiger partial charge in [0.2, 0.25) is 0 Å². The normalized spacial score (nSPS) is 12.4. The van der Waals surface area contributed by atoms with Crippen LogP contribution in [0.15, 0.2) is 45.3 Å². The van der Waals surface area contributed by atoms with Crippen molar-refractivity contribution in [2.75, 3.05) is 7.05 Å². The molecule has 0 aromatic heterocycles. The van der Waals surface area contributed by atoms with Crippen LogP contribution in [0.3, 0.4) is 0 Å². The van der Waals surface area contributed by atoms with Crippen molar-refractivity contribution in [3.8, 4) is 0 Å². The van der Waals surface area contributed by atoms with E-state index in [2.05, 4.69) is 37.2 Å².